The van der Waals surface area contributed by atoms with E-state index in [-0.39, 0.29) is 18.0 Å². The molecule has 1 heterocycles. The van der Waals surface area contributed by atoms with Gasteiger partial charge in [-0.3, -0.25) is 0 Å². The fourth-order valence-corrected chi connectivity index (χ4v) is 2.03. The molecule has 2 aromatic rings. The number of nitrogens with one attached hydrogen (secondary N) is 2. The van der Waals surface area contributed by atoms with E-state index >= 15 is 0 Å². The quantitative estimate of drug-likeness (QED) is 0.903. The first-order chi connectivity index (χ1) is 10.8. The summed E-state index contributed by atoms with van der Waals surface area (Å²) in [6.07, 6.45) is 1.70. The molecule has 0 spiro atoms. The summed E-state index contributed by atoms with van der Waals surface area (Å²) >= 11 is 0. The van der Waals surface area contributed by atoms with E-state index < -0.39 is 0 Å². The zero-order chi connectivity index (χ0) is 17.0. The maximum absolute atomic E-state index is 11.9. The molecule has 0 saturated carbocycles. The molecule has 0 aliphatic heterocycles. The third kappa shape index (κ3) is 4.48. The van der Waals surface area contributed by atoms with Crippen molar-refractivity contribution < 1.29 is 13.9 Å². The molecule has 0 bridgehead atoms. The van der Waals surface area contributed by atoms with Crippen molar-refractivity contribution in [2.45, 2.75) is 39.7 Å². The highest BCUT2D eigenvalue weighted by atomic mass is 16.5. The van der Waals surface area contributed by atoms with Gasteiger partial charge in [0, 0.05) is 11.1 Å². The molecule has 0 aliphatic rings. The van der Waals surface area contributed by atoms with Crippen LogP contribution < -0.4 is 15.4 Å². The van der Waals surface area contributed by atoms with Gasteiger partial charge in [-0.05, 0) is 30.7 Å². The molecule has 0 fully saturated rings. The molecule has 124 valence electrons. The molecule has 0 aliphatic carbocycles. The summed E-state index contributed by atoms with van der Waals surface area (Å²) in [6, 6.07) is 5.13. The van der Waals surface area contributed by atoms with E-state index in [0.29, 0.717) is 11.6 Å². The predicted octanol–water partition coefficient (Wildman–Crippen LogP) is 3.61. The highest BCUT2D eigenvalue weighted by Gasteiger charge is 2.19. The van der Waals surface area contributed by atoms with Crippen molar-refractivity contribution in [2.24, 2.45) is 0 Å². The third-order valence-corrected chi connectivity index (χ3v) is 3.35. The molecule has 1 aromatic carbocycles. The first-order valence-electron chi connectivity index (χ1n) is 7.44. The van der Waals surface area contributed by atoms with E-state index in [1.807, 2.05) is 39.8 Å². The fourth-order valence-electron chi connectivity index (χ4n) is 2.03. The number of aromatic nitrogens is 1. The zero-order valence-corrected chi connectivity index (χ0v) is 14.2. The van der Waals surface area contributed by atoms with Gasteiger partial charge in [0.2, 0.25) is 5.89 Å². The molecule has 23 heavy (non-hydrogen) atoms. The second-order valence-electron chi connectivity index (χ2n) is 6.36. The van der Waals surface area contributed by atoms with Crippen molar-refractivity contribution in [3.8, 4) is 5.75 Å². The minimum atomic E-state index is -0.315. The Morgan fingerprint density at radius 3 is 2.65 bits per heavy atom. The Morgan fingerprint density at radius 2 is 2.09 bits per heavy atom. The van der Waals surface area contributed by atoms with Crippen molar-refractivity contribution in [2.75, 3.05) is 12.4 Å². The summed E-state index contributed by atoms with van der Waals surface area (Å²) in [6.45, 7) is 8.29. The van der Waals surface area contributed by atoms with Crippen molar-refractivity contribution in [1.82, 2.24) is 10.3 Å². The second-order valence-corrected chi connectivity index (χ2v) is 6.36. The summed E-state index contributed by atoms with van der Waals surface area (Å²) in [7, 11) is 1.62. The SMILES string of the molecule is COc1ccc(NC(=O)NCc2ncc(C(C)(C)C)o2)cc1C. The monoisotopic (exact) mass is 317 g/mol. The van der Waals surface area contributed by atoms with Crippen LogP contribution in [-0.4, -0.2) is 18.1 Å². The van der Waals surface area contributed by atoms with Crippen LogP contribution in [0.15, 0.2) is 28.8 Å². The van der Waals surface area contributed by atoms with Crippen LogP contribution in [0.5, 0.6) is 5.75 Å². The third-order valence-electron chi connectivity index (χ3n) is 3.35. The summed E-state index contributed by atoms with van der Waals surface area (Å²) in [4.78, 5) is 16.1. The number of nitrogens with zero attached hydrogens (tertiary/aromatic N) is 1. The molecule has 2 N–H and O–H groups in total. The molecular formula is C17H23N3O3. The maximum atomic E-state index is 11.9. The van der Waals surface area contributed by atoms with Gasteiger partial charge in [-0.2, -0.15) is 0 Å². The Labute approximate surface area is 136 Å². The minimum absolute atomic E-state index is 0.103. The van der Waals surface area contributed by atoms with Crippen LogP contribution >= 0.6 is 0 Å². The number of ether oxygens (including phenoxy) is 1. The number of urea groups is 1. The normalized spacial score (nSPS) is 11.2. The van der Waals surface area contributed by atoms with E-state index in [4.69, 9.17) is 9.15 Å². The number of aryl methyl sites for hydroxylation is 1. The Kier molecular flexibility index (Phi) is 4.93. The molecular weight excluding hydrogens is 294 g/mol. The molecule has 6 nitrogen and oxygen atoms in total. The number of carbonyl (C=O) groups excluding carboxylic acids is 1. The molecule has 0 unspecified atom stereocenters. The van der Waals surface area contributed by atoms with Gasteiger partial charge < -0.3 is 19.8 Å². The van der Waals surface area contributed by atoms with Crippen LogP contribution in [0.25, 0.3) is 0 Å². The molecule has 0 radical (unpaired) electrons. The number of amides is 2. The van der Waals surface area contributed by atoms with Gasteiger partial charge in [0.15, 0.2) is 0 Å². The maximum Gasteiger partial charge on any atom is 0.319 e. The minimum Gasteiger partial charge on any atom is -0.496 e. The van der Waals surface area contributed by atoms with Crippen LogP contribution in [0, 0.1) is 6.92 Å². The molecule has 2 rings (SSSR count). The van der Waals surface area contributed by atoms with Gasteiger partial charge in [-0.1, -0.05) is 20.8 Å². The number of benzene rings is 1. The summed E-state index contributed by atoms with van der Waals surface area (Å²) in [5.74, 6) is 2.06. The number of hydrogen-bond acceptors (Lipinski definition) is 4. The lowest BCUT2D eigenvalue weighted by Crippen LogP contribution is -2.28. The molecule has 0 atom stereocenters. The van der Waals surface area contributed by atoms with Crippen LogP contribution in [0.2, 0.25) is 0 Å². The molecule has 1 aromatic heterocycles. The van der Waals surface area contributed by atoms with Crippen LogP contribution in [0.3, 0.4) is 0 Å². The average molecular weight is 317 g/mol. The van der Waals surface area contributed by atoms with Gasteiger partial charge in [0.05, 0.1) is 19.9 Å². The Morgan fingerprint density at radius 1 is 1.35 bits per heavy atom. The highest BCUT2D eigenvalue weighted by Crippen LogP contribution is 2.23. The van der Waals surface area contributed by atoms with E-state index in [0.717, 1.165) is 17.1 Å². The average Bonchev–Trinajstić information content (AvgIpc) is 2.94. The standard InChI is InChI=1S/C17H23N3O3/c1-11-8-12(6-7-13(11)22-5)20-16(21)19-10-15-18-9-14(23-15)17(2,3)4/h6-9H,10H2,1-5H3,(H2,19,20,21). The van der Waals surface area contributed by atoms with Crippen molar-refractivity contribution >= 4 is 11.7 Å². The zero-order valence-electron chi connectivity index (χ0n) is 14.2. The van der Waals surface area contributed by atoms with Gasteiger partial charge in [-0.25, -0.2) is 9.78 Å². The van der Waals surface area contributed by atoms with Gasteiger partial charge in [0.25, 0.3) is 0 Å². The first-order valence-corrected chi connectivity index (χ1v) is 7.44. The molecule has 6 heteroatoms. The number of rotatable bonds is 4. The number of anilines is 1. The number of hydrogen-bond donors (Lipinski definition) is 2. The summed E-state index contributed by atoms with van der Waals surface area (Å²) in [5, 5.41) is 5.49. The van der Waals surface area contributed by atoms with Gasteiger partial charge >= 0.3 is 6.03 Å². The highest BCUT2D eigenvalue weighted by molar-refractivity contribution is 5.89. The van der Waals surface area contributed by atoms with Crippen LogP contribution in [-0.2, 0) is 12.0 Å². The van der Waals surface area contributed by atoms with E-state index in [1.54, 1.807) is 19.4 Å². The Bertz CT molecular complexity index is 687. The fraction of sp³-hybridized carbons (Fsp3) is 0.412. The Balaban J connectivity index is 1.90. The summed E-state index contributed by atoms with van der Waals surface area (Å²) in [5.41, 5.74) is 1.55. The first kappa shape index (κ1) is 16.9. The van der Waals surface area contributed by atoms with Crippen molar-refractivity contribution in [3.63, 3.8) is 0 Å². The lowest BCUT2D eigenvalue weighted by Gasteiger charge is -2.13. The van der Waals surface area contributed by atoms with E-state index in [2.05, 4.69) is 15.6 Å². The predicted molar refractivity (Wildman–Crippen MR) is 88.8 cm³/mol. The largest absolute Gasteiger partial charge is 0.496 e. The van der Waals surface area contributed by atoms with Crippen molar-refractivity contribution in [1.29, 1.82) is 0 Å². The second kappa shape index (κ2) is 6.73. The lowest BCUT2D eigenvalue weighted by molar-refractivity contribution is 0.250. The summed E-state index contributed by atoms with van der Waals surface area (Å²) < 4.78 is 10.8. The number of oxazole rings is 1. The molecule has 0 saturated heterocycles. The van der Waals surface area contributed by atoms with Gasteiger partial charge in [0.1, 0.15) is 11.5 Å². The lowest BCUT2D eigenvalue weighted by atomic mass is 9.94. The van der Waals surface area contributed by atoms with E-state index in [1.165, 1.54) is 0 Å². The Hall–Kier alpha value is -2.50. The van der Waals surface area contributed by atoms with Gasteiger partial charge in [-0.15, -0.1) is 0 Å². The van der Waals surface area contributed by atoms with Crippen LogP contribution in [0.4, 0.5) is 10.5 Å². The van der Waals surface area contributed by atoms with Crippen molar-refractivity contribution in [3.05, 3.63) is 41.6 Å². The van der Waals surface area contributed by atoms with E-state index in [9.17, 15) is 4.79 Å². The number of methoxy groups -OCH3 is 1. The number of carbonyl (C=O) groups is 1. The topological polar surface area (TPSA) is 76.4 Å². The molecule has 2 amide bonds. The smallest absolute Gasteiger partial charge is 0.319 e. The van der Waals surface area contributed by atoms with Crippen LogP contribution in [0.1, 0.15) is 38.0 Å².